The van der Waals surface area contributed by atoms with Crippen LogP contribution in [0.1, 0.15) is 22.3 Å². The first-order valence-electron chi connectivity index (χ1n) is 22.2. The first-order chi connectivity index (χ1) is 31.7. The van der Waals surface area contributed by atoms with Gasteiger partial charge in [-0.1, -0.05) is 212 Å². The topological polar surface area (TPSA) is 3.24 Å². The number of hydrogen-bond acceptors (Lipinski definition) is 1. The Labute approximate surface area is 374 Å². The van der Waals surface area contributed by atoms with Crippen LogP contribution in [-0.4, -0.2) is 0 Å². The SMILES string of the molecule is c1ccc(C2(c3ccccc3)c3ccccc3-c3ccc(N(c4ccc(-c5cccc(-c6cccc7ccccc67)c5)cc4)c4ccc(-c5ccc6ccccc6c5)cc4)cc32)cc1. The summed E-state index contributed by atoms with van der Waals surface area (Å²) in [7, 11) is 0. The van der Waals surface area contributed by atoms with Crippen molar-refractivity contribution < 1.29 is 0 Å². The summed E-state index contributed by atoms with van der Waals surface area (Å²) in [5, 5.41) is 5.01. The molecule has 0 fully saturated rings. The van der Waals surface area contributed by atoms with Crippen LogP contribution in [-0.2, 0) is 5.41 Å². The van der Waals surface area contributed by atoms with E-state index in [9.17, 15) is 0 Å². The molecule has 0 aliphatic heterocycles. The van der Waals surface area contributed by atoms with Crippen LogP contribution >= 0.6 is 0 Å². The molecule has 64 heavy (non-hydrogen) atoms. The monoisotopic (exact) mass is 813 g/mol. The predicted octanol–water partition coefficient (Wildman–Crippen LogP) is 16.8. The van der Waals surface area contributed by atoms with Gasteiger partial charge in [0.25, 0.3) is 0 Å². The van der Waals surface area contributed by atoms with Crippen LogP contribution in [0.15, 0.2) is 261 Å². The molecule has 0 radical (unpaired) electrons. The smallest absolute Gasteiger partial charge is 0.0714 e. The number of anilines is 3. The minimum absolute atomic E-state index is 0.505. The molecular formula is C63H43N. The zero-order valence-corrected chi connectivity index (χ0v) is 35.3. The second-order valence-corrected chi connectivity index (χ2v) is 16.9. The maximum absolute atomic E-state index is 2.45. The van der Waals surface area contributed by atoms with Crippen molar-refractivity contribution >= 4 is 38.6 Å². The molecule has 0 aromatic heterocycles. The highest BCUT2D eigenvalue weighted by Gasteiger charge is 2.46. The zero-order valence-electron chi connectivity index (χ0n) is 35.3. The van der Waals surface area contributed by atoms with E-state index < -0.39 is 5.41 Å². The Morgan fingerprint density at radius 2 is 0.750 bits per heavy atom. The Bertz CT molecular complexity index is 3430. The maximum Gasteiger partial charge on any atom is 0.0714 e. The fourth-order valence-corrected chi connectivity index (χ4v) is 10.3. The third-order valence-electron chi connectivity index (χ3n) is 13.3. The molecule has 0 heterocycles. The lowest BCUT2D eigenvalue weighted by Gasteiger charge is -2.35. The minimum Gasteiger partial charge on any atom is -0.310 e. The normalized spacial score (nSPS) is 12.5. The lowest BCUT2D eigenvalue weighted by Crippen LogP contribution is -2.28. The molecule has 1 aliphatic rings. The van der Waals surface area contributed by atoms with Crippen molar-refractivity contribution in [1.29, 1.82) is 0 Å². The molecule has 11 aromatic rings. The highest BCUT2D eigenvalue weighted by molar-refractivity contribution is 5.97. The first-order valence-corrected chi connectivity index (χ1v) is 22.2. The van der Waals surface area contributed by atoms with Crippen molar-refractivity contribution in [2.45, 2.75) is 5.41 Å². The van der Waals surface area contributed by atoms with E-state index in [2.05, 4.69) is 266 Å². The molecule has 0 unspecified atom stereocenters. The number of nitrogens with zero attached hydrogens (tertiary/aromatic N) is 1. The average Bonchev–Trinajstić information content (AvgIpc) is 3.67. The summed E-state index contributed by atoms with van der Waals surface area (Å²) in [6.07, 6.45) is 0. The highest BCUT2D eigenvalue weighted by Crippen LogP contribution is 2.57. The van der Waals surface area contributed by atoms with Gasteiger partial charge in [-0.2, -0.15) is 0 Å². The minimum atomic E-state index is -0.505. The third-order valence-corrected chi connectivity index (χ3v) is 13.3. The van der Waals surface area contributed by atoms with Crippen LogP contribution in [0.2, 0.25) is 0 Å². The van der Waals surface area contributed by atoms with Gasteiger partial charge in [0.2, 0.25) is 0 Å². The number of hydrogen-bond donors (Lipinski definition) is 0. The highest BCUT2D eigenvalue weighted by atomic mass is 15.1. The van der Waals surface area contributed by atoms with Gasteiger partial charge in [-0.3, -0.25) is 0 Å². The molecular weight excluding hydrogens is 771 g/mol. The van der Waals surface area contributed by atoms with Crippen LogP contribution in [0.25, 0.3) is 66.1 Å². The summed E-state index contributed by atoms with van der Waals surface area (Å²) in [5.41, 5.74) is 17.6. The Morgan fingerprint density at radius 1 is 0.250 bits per heavy atom. The molecule has 1 heteroatoms. The van der Waals surface area contributed by atoms with Crippen LogP contribution in [0.4, 0.5) is 17.1 Å². The Kier molecular flexibility index (Phi) is 9.13. The van der Waals surface area contributed by atoms with Crippen molar-refractivity contribution in [3.05, 3.63) is 283 Å². The van der Waals surface area contributed by atoms with E-state index in [1.807, 2.05) is 0 Å². The predicted molar refractivity (Wildman–Crippen MR) is 270 cm³/mol. The summed E-state index contributed by atoms with van der Waals surface area (Å²) >= 11 is 0. The van der Waals surface area contributed by atoms with Gasteiger partial charge >= 0.3 is 0 Å². The van der Waals surface area contributed by atoms with Gasteiger partial charge < -0.3 is 4.90 Å². The Hall–Kier alpha value is -8.26. The van der Waals surface area contributed by atoms with E-state index >= 15 is 0 Å². The molecule has 12 rings (SSSR count). The van der Waals surface area contributed by atoms with Crippen LogP contribution < -0.4 is 4.90 Å². The molecule has 0 bridgehead atoms. The van der Waals surface area contributed by atoms with Crippen LogP contribution in [0.3, 0.4) is 0 Å². The lowest BCUT2D eigenvalue weighted by molar-refractivity contribution is 0.768. The third kappa shape index (κ3) is 6.24. The Morgan fingerprint density at radius 3 is 1.47 bits per heavy atom. The lowest BCUT2D eigenvalue weighted by atomic mass is 9.67. The molecule has 11 aromatic carbocycles. The number of rotatable bonds is 8. The van der Waals surface area contributed by atoms with Gasteiger partial charge in [0.05, 0.1) is 5.41 Å². The van der Waals surface area contributed by atoms with Crippen molar-refractivity contribution in [3.63, 3.8) is 0 Å². The summed E-state index contributed by atoms with van der Waals surface area (Å²) in [6, 6.07) is 95.9. The van der Waals surface area contributed by atoms with E-state index in [0.29, 0.717) is 0 Å². The van der Waals surface area contributed by atoms with Crippen molar-refractivity contribution in [3.8, 4) is 44.5 Å². The van der Waals surface area contributed by atoms with Gasteiger partial charge in [0.1, 0.15) is 0 Å². The van der Waals surface area contributed by atoms with Gasteiger partial charge in [0.15, 0.2) is 0 Å². The van der Waals surface area contributed by atoms with E-state index in [4.69, 9.17) is 0 Å². The number of benzene rings is 11. The van der Waals surface area contributed by atoms with Crippen molar-refractivity contribution in [2.75, 3.05) is 4.90 Å². The molecule has 0 saturated carbocycles. The fraction of sp³-hybridized carbons (Fsp3) is 0.0159. The largest absolute Gasteiger partial charge is 0.310 e. The second kappa shape index (κ2) is 15.6. The molecule has 300 valence electrons. The summed E-state index contributed by atoms with van der Waals surface area (Å²) in [5.74, 6) is 0. The summed E-state index contributed by atoms with van der Waals surface area (Å²) in [6.45, 7) is 0. The quantitative estimate of drug-likeness (QED) is 0.148. The molecule has 0 spiro atoms. The molecule has 0 saturated heterocycles. The first kappa shape index (κ1) is 37.5. The van der Waals surface area contributed by atoms with Crippen LogP contribution in [0, 0.1) is 0 Å². The molecule has 1 aliphatic carbocycles. The summed E-state index contributed by atoms with van der Waals surface area (Å²) < 4.78 is 0. The van der Waals surface area contributed by atoms with Gasteiger partial charge in [0, 0.05) is 17.1 Å². The maximum atomic E-state index is 2.45. The van der Waals surface area contributed by atoms with Crippen molar-refractivity contribution in [2.24, 2.45) is 0 Å². The van der Waals surface area contributed by atoms with Gasteiger partial charge in [-0.15, -0.1) is 0 Å². The average molecular weight is 814 g/mol. The molecule has 0 N–H and O–H groups in total. The van der Waals surface area contributed by atoms with E-state index in [1.54, 1.807) is 0 Å². The van der Waals surface area contributed by atoms with Gasteiger partial charge in [-0.05, 0) is 137 Å². The molecule has 1 nitrogen and oxygen atoms in total. The standard InChI is InChI=1S/C63H43N/c1-3-21-52(22-4-1)63(53-23-5-2-6-24-53)61-28-12-11-26-59(61)60-40-39-56(43-62(60)63)64(55-37-33-46(34-38-55)50-30-29-44-15-7-8-17-48(44)41-50)54-35-31-45(32-36-54)49-19-13-20-51(42-49)58-27-14-18-47-16-9-10-25-57(47)58/h1-43H. The van der Waals surface area contributed by atoms with Crippen molar-refractivity contribution in [1.82, 2.24) is 0 Å². The molecule has 0 amide bonds. The van der Waals surface area contributed by atoms with E-state index in [1.165, 1.54) is 88.3 Å². The Balaban J connectivity index is 1.00. The fourth-order valence-electron chi connectivity index (χ4n) is 10.3. The van der Waals surface area contributed by atoms with Gasteiger partial charge in [-0.25, -0.2) is 0 Å². The van der Waals surface area contributed by atoms with Crippen LogP contribution in [0.5, 0.6) is 0 Å². The zero-order chi connectivity index (χ0) is 42.5. The second-order valence-electron chi connectivity index (χ2n) is 16.9. The van der Waals surface area contributed by atoms with E-state index in [0.717, 1.165) is 17.1 Å². The summed E-state index contributed by atoms with van der Waals surface area (Å²) in [4.78, 5) is 2.42. The number of fused-ring (bicyclic) bond motifs is 5. The van der Waals surface area contributed by atoms with E-state index in [-0.39, 0.29) is 0 Å². The molecule has 0 atom stereocenters.